The Labute approximate surface area is 258 Å². The van der Waals surface area contributed by atoms with Gasteiger partial charge in [-0.05, 0) is 70.3 Å². The van der Waals surface area contributed by atoms with Crippen molar-refractivity contribution in [2.45, 2.75) is 12.0 Å². The summed E-state index contributed by atoms with van der Waals surface area (Å²) in [5.41, 5.74) is 11.6. The van der Waals surface area contributed by atoms with Crippen molar-refractivity contribution in [2.24, 2.45) is 0 Å². The van der Waals surface area contributed by atoms with Gasteiger partial charge in [0.05, 0.1) is 0 Å². The Bertz CT molecular complexity index is 1890. The molecule has 210 valence electrons. The average molecular weight is 566 g/mol. The first-order valence-corrected chi connectivity index (χ1v) is 15.2. The van der Waals surface area contributed by atoms with E-state index in [1.54, 1.807) is 0 Å². The molecule has 0 bridgehead atoms. The SMILES string of the molecule is C1=CC2Oc3c(-c4cccc(N(c5ccc(-c6ccccc6)cc5)c5ccc(-c6ccccc6)cc5)c4)cccc3C2C=C1. The van der Waals surface area contributed by atoms with Crippen LogP contribution in [-0.2, 0) is 0 Å². The second kappa shape index (κ2) is 11.2. The smallest absolute Gasteiger partial charge is 0.132 e. The number of anilines is 3. The van der Waals surface area contributed by atoms with Crippen LogP contribution in [0, 0.1) is 0 Å². The zero-order valence-corrected chi connectivity index (χ0v) is 24.3. The lowest BCUT2D eigenvalue weighted by Gasteiger charge is -2.26. The van der Waals surface area contributed by atoms with Crippen molar-refractivity contribution in [1.29, 1.82) is 0 Å². The molecule has 1 aliphatic carbocycles. The minimum absolute atomic E-state index is 0.0575. The summed E-state index contributed by atoms with van der Waals surface area (Å²) < 4.78 is 6.52. The molecule has 0 aromatic heterocycles. The number of rotatable bonds is 6. The topological polar surface area (TPSA) is 12.5 Å². The van der Waals surface area contributed by atoms with Gasteiger partial charge in [-0.15, -0.1) is 0 Å². The van der Waals surface area contributed by atoms with E-state index in [2.05, 4.69) is 181 Å². The molecule has 2 atom stereocenters. The van der Waals surface area contributed by atoms with Gasteiger partial charge in [-0.25, -0.2) is 0 Å². The van der Waals surface area contributed by atoms with E-state index < -0.39 is 0 Å². The molecule has 0 saturated heterocycles. The summed E-state index contributed by atoms with van der Waals surface area (Å²) in [6.07, 6.45) is 8.66. The molecular formula is C42H31NO. The lowest BCUT2D eigenvalue weighted by molar-refractivity contribution is 0.270. The molecule has 0 saturated carbocycles. The van der Waals surface area contributed by atoms with E-state index in [1.807, 2.05) is 0 Å². The number of benzene rings is 6. The van der Waals surface area contributed by atoms with E-state index in [4.69, 9.17) is 4.74 Å². The maximum atomic E-state index is 6.52. The van der Waals surface area contributed by atoms with E-state index in [1.165, 1.54) is 27.8 Å². The molecule has 2 nitrogen and oxygen atoms in total. The number of para-hydroxylation sites is 1. The van der Waals surface area contributed by atoms with Crippen molar-refractivity contribution in [3.63, 3.8) is 0 Å². The molecule has 6 aromatic carbocycles. The van der Waals surface area contributed by atoms with Crippen molar-refractivity contribution in [1.82, 2.24) is 0 Å². The molecule has 1 heterocycles. The molecule has 0 spiro atoms. The van der Waals surface area contributed by atoms with Crippen LogP contribution in [0.15, 0.2) is 176 Å². The fourth-order valence-electron chi connectivity index (χ4n) is 6.42. The van der Waals surface area contributed by atoms with Crippen LogP contribution in [0.3, 0.4) is 0 Å². The Balaban J connectivity index is 1.21. The van der Waals surface area contributed by atoms with Crippen molar-refractivity contribution in [2.75, 3.05) is 4.90 Å². The van der Waals surface area contributed by atoms with Gasteiger partial charge in [-0.2, -0.15) is 0 Å². The monoisotopic (exact) mass is 565 g/mol. The van der Waals surface area contributed by atoms with Crippen molar-refractivity contribution < 1.29 is 4.74 Å². The first-order valence-electron chi connectivity index (χ1n) is 15.2. The lowest BCUT2D eigenvalue weighted by atomic mass is 9.90. The van der Waals surface area contributed by atoms with Gasteiger partial charge in [-0.1, -0.05) is 133 Å². The largest absolute Gasteiger partial charge is 0.484 e. The maximum absolute atomic E-state index is 6.52. The molecule has 0 amide bonds. The van der Waals surface area contributed by atoms with Gasteiger partial charge in [-0.3, -0.25) is 0 Å². The Morgan fingerprint density at radius 1 is 0.432 bits per heavy atom. The highest BCUT2D eigenvalue weighted by Crippen LogP contribution is 2.47. The number of allylic oxidation sites excluding steroid dienone is 2. The molecule has 8 rings (SSSR count). The van der Waals surface area contributed by atoms with E-state index >= 15 is 0 Å². The van der Waals surface area contributed by atoms with Crippen LogP contribution in [0.1, 0.15) is 11.5 Å². The van der Waals surface area contributed by atoms with Crippen LogP contribution in [0.4, 0.5) is 17.1 Å². The highest BCUT2D eigenvalue weighted by atomic mass is 16.5. The molecule has 1 aliphatic heterocycles. The quantitative estimate of drug-likeness (QED) is 0.199. The summed E-state index contributed by atoms with van der Waals surface area (Å²) in [7, 11) is 0. The van der Waals surface area contributed by atoms with Crippen LogP contribution >= 0.6 is 0 Å². The zero-order chi connectivity index (χ0) is 29.3. The second-order valence-electron chi connectivity index (χ2n) is 11.3. The predicted molar refractivity (Wildman–Crippen MR) is 183 cm³/mol. The van der Waals surface area contributed by atoms with E-state index in [0.717, 1.165) is 33.9 Å². The molecule has 2 aliphatic rings. The van der Waals surface area contributed by atoms with E-state index in [0.29, 0.717) is 0 Å². The molecule has 6 aromatic rings. The molecule has 44 heavy (non-hydrogen) atoms. The van der Waals surface area contributed by atoms with Gasteiger partial charge in [0, 0.05) is 34.1 Å². The van der Waals surface area contributed by atoms with Crippen LogP contribution in [0.5, 0.6) is 5.75 Å². The summed E-state index contributed by atoms with van der Waals surface area (Å²) in [5.74, 6) is 1.25. The number of hydrogen-bond donors (Lipinski definition) is 0. The van der Waals surface area contributed by atoms with Crippen molar-refractivity contribution >= 4 is 17.1 Å². The van der Waals surface area contributed by atoms with Crippen molar-refractivity contribution in [3.8, 4) is 39.1 Å². The van der Waals surface area contributed by atoms with Gasteiger partial charge in [0.15, 0.2) is 0 Å². The second-order valence-corrected chi connectivity index (χ2v) is 11.3. The zero-order valence-electron chi connectivity index (χ0n) is 24.3. The minimum Gasteiger partial charge on any atom is -0.484 e. The molecule has 0 N–H and O–H groups in total. The fraction of sp³-hybridized carbons (Fsp3) is 0.0476. The Morgan fingerprint density at radius 3 is 1.61 bits per heavy atom. The Hall–Kier alpha value is -5.60. The third kappa shape index (κ3) is 4.81. The molecule has 0 fully saturated rings. The summed E-state index contributed by atoms with van der Waals surface area (Å²) in [4.78, 5) is 2.34. The van der Waals surface area contributed by atoms with Crippen molar-refractivity contribution in [3.05, 3.63) is 182 Å². The van der Waals surface area contributed by atoms with Crippen LogP contribution in [-0.4, -0.2) is 6.10 Å². The summed E-state index contributed by atoms with van der Waals surface area (Å²) >= 11 is 0. The highest BCUT2D eigenvalue weighted by molar-refractivity contribution is 5.83. The molecule has 0 radical (unpaired) electrons. The van der Waals surface area contributed by atoms with E-state index in [-0.39, 0.29) is 12.0 Å². The van der Waals surface area contributed by atoms with Gasteiger partial charge in [0.2, 0.25) is 0 Å². The van der Waals surface area contributed by atoms with Crippen LogP contribution in [0.25, 0.3) is 33.4 Å². The Kier molecular flexibility index (Phi) is 6.66. The summed E-state index contributed by atoms with van der Waals surface area (Å²) in [6, 6.07) is 54.1. The minimum atomic E-state index is 0.0575. The van der Waals surface area contributed by atoms with Gasteiger partial charge >= 0.3 is 0 Å². The number of ether oxygens (including phenoxy) is 1. The van der Waals surface area contributed by atoms with Crippen LogP contribution in [0.2, 0.25) is 0 Å². The van der Waals surface area contributed by atoms with Gasteiger partial charge in [0.25, 0.3) is 0 Å². The average Bonchev–Trinajstić information content (AvgIpc) is 3.49. The fourth-order valence-corrected chi connectivity index (χ4v) is 6.42. The molecular weight excluding hydrogens is 534 g/mol. The third-order valence-electron chi connectivity index (χ3n) is 8.62. The van der Waals surface area contributed by atoms with Gasteiger partial charge < -0.3 is 9.64 Å². The predicted octanol–water partition coefficient (Wildman–Crippen LogP) is 11.1. The van der Waals surface area contributed by atoms with E-state index in [9.17, 15) is 0 Å². The summed E-state index contributed by atoms with van der Waals surface area (Å²) in [6.45, 7) is 0. The number of hydrogen-bond acceptors (Lipinski definition) is 2. The first-order chi connectivity index (χ1) is 21.8. The standard InChI is InChI=1S/C42H31NO/c1-3-11-30(12-4-1)32-21-25-35(26-22-32)43(36-27-23-33(24-28-36)31-13-5-2-6-14-31)37-16-9-15-34(29-37)38-18-10-19-40-39-17-7-8-20-41(39)44-42(38)40/h1-29,39,41H. The highest BCUT2D eigenvalue weighted by Gasteiger charge is 2.33. The third-order valence-corrected chi connectivity index (χ3v) is 8.62. The van der Waals surface area contributed by atoms with Gasteiger partial charge in [0.1, 0.15) is 11.9 Å². The number of nitrogens with zero attached hydrogens (tertiary/aromatic N) is 1. The first kappa shape index (κ1) is 26.1. The molecule has 2 unspecified atom stereocenters. The maximum Gasteiger partial charge on any atom is 0.132 e. The normalized spacial score (nSPS) is 16.2. The molecule has 2 heteroatoms. The van der Waals surface area contributed by atoms with Crippen LogP contribution < -0.4 is 9.64 Å². The number of fused-ring (bicyclic) bond motifs is 3. The lowest BCUT2D eigenvalue weighted by Crippen LogP contribution is -2.15. The summed E-state index contributed by atoms with van der Waals surface area (Å²) in [5, 5.41) is 0. The Morgan fingerprint density at radius 2 is 0.977 bits per heavy atom.